The molecular formula is C19H20N4O3S2. The number of hydrogen-bond acceptors (Lipinski definition) is 6. The van der Waals surface area contributed by atoms with Crippen molar-refractivity contribution < 1.29 is 13.2 Å². The van der Waals surface area contributed by atoms with Crippen molar-refractivity contribution in [2.75, 3.05) is 18.4 Å². The largest absolute Gasteiger partial charge is 0.306 e. The van der Waals surface area contributed by atoms with Crippen LogP contribution >= 0.6 is 11.3 Å². The number of nitrogens with zero attached hydrogens (tertiary/aromatic N) is 3. The molecule has 0 spiro atoms. The maximum Gasteiger partial charge on any atom is 0.256 e. The summed E-state index contributed by atoms with van der Waals surface area (Å²) in [6.45, 7) is 3.21. The summed E-state index contributed by atoms with van der Waals surface area (Å²) in [5, 5.41) is 5.43. The quantitative estimate of drug-likeness (QED) is 0.704. The number of rotatable bonds is 4. The van der Waals surface area contributed by atoms with E-state index in [0.717, 1.165) is 23.1 Å². The van der Waals surface area contributed by atoms with Crippen molar-refractivity contribution in [1.82, 2.24) is 14.3 Å². The second-order valence-electron chi connectivity index (χ2n) is 6.93. The molecule has 0 aliphatic carbocycles. The predicted octanol–water partition coefficient (Wildman–Crippen LogP) is 3.36. The molecule has 1 N–H and O–H groups in total. The molecule has 1 fully saturated rings. The van der Waals surface area contributed by atoms with Gasteiger partial charge in [-0.1, -0.05) is 6.92 Å². The third kappa shape index (κ3) is 3.65. The van der Waals surface area contributed by atoms with Crippen molar-refractivity contribution >= 4 is 43.3 Å². The molecule has 4 rings (SSSR count). The Bertz CT molecular complexity index is 1100. The van der Waals surface area contributed by atoms with Crippen LogP contribution in [0.15, 0.2) is 46.9 Å². The van der Waals surface area contributed by atoms with Gasteiger partial charge in [-0.25, -0.2) is 18.4 Å². The maximum atomic E-state index is 12.8. The first-order valence-electron chi connectivity index (χ1n) is 9.05. The lowest BCUT2D eigenvalue weighted by molar-refractivity contribution is 0.102. The number of benzene rings is 1. The molecule has 1 aliphatic rings. The molecular weight excluding hydrogens is 396 g/mol. The Hall–Kier alpha value is -2.36. The Morgan fingerprint density at radius 2 is 1.86 bits per heavy atom. The number of carbonyl (C=O) groups excluding carboxylic acids is 1. The van der Waals surface area contributed by atoms with Crippen LogP contribution in [0.5, 0.6) is 0 Å². The molecule has 9 heteroatoms. The lowest BCUT2D eigenvalue weighted by Crippen LogP contribution is -2.37. The van der Waals surface area contributed by atoms with Gasteiger partial charge in [-0.05, 0) is 54.5 Å². The Morgan fingerprint density at radius 1 is 1.14 bits per heavy atom. The second-order valence-corrected chi connectivity index (χ2v) is 9.76. The van der Waals surface area contributed by atoms with E-state index < -0.39 is 10.0 Å². The molecule has 7 nitrogen and oxygen atoms in total. The van der Waals surface area contributed by atoms with Crippen LogP contribution in [-0.4, -0.2) is 41.7 Å². The van der Waals surface area contributed by atoms with E-state index in [1.165, 1.54) is 46.2 Å². The molecule has 0 radical (unpaired) electrons. The molecule has 3 aromatic rings. The standard InChI is InChI=1S/C19H20N4O3S2/c1-13-6-9-23(10-7-13)28(25,26)15-4-2-14(3-5-15)18(24)22-17-16-8-11-27-19(16)21-12-20-17/h2-5,8,11-13H,6-7,9-10H2,1H3,(H,20,21,22,24). The average Bonchev–Trinajstić information content (AvgIpc) is 3.18. The number of anilines is 1. The number of amides is 1. The highest BCUT2D eigenvalue weighted by molar-refractivity contribution is 7.89. The Morgan fingerprint density at radius 3 is 2.57 bits per heavy atom. The van der Waals surface area contributed by atoms with Gasteiger partial charge in [0.05, 0.1) is 10.3 Å². The van der Waals surface area contributed by atoms with E-state index in [1.54, 1.807) is 0 Å². The number of nitrogens with one attached hydrogen (secondary N) is 1. The summed E-state index contributed by atoms with van der Waals surface area (Å²) in [6.07, 6.45) is 3.15. The molecule has 0 unspecified atom stereocenters. The Kier molecular flexibility index (Phi) is 5.13. The van der Waals surface area contributed by atoms with Gasteiger partial charge in [0, 0.05) is 18.7 Å². The van der Waals surface area contributed by atoms with E-state index in [9.17, 15) is 13.2 Å². The summed E-state index contributed by atoms with van der Waals surface area (Å²) >= 11 is 1.47. The van der Waals surface area contributed by atoms with Gasteiger partial charge >= 0.3 is 0 Å². The van der Waals surface area contributed by atoms with Crippen LogP contribution < -0.4 is 5.32 Å². The number of carbonyl (C=O) groups is 1. The molecule has 28 heavy (non-hydrogen) atoms. The van der Waals surface area contributed by atoms with Gasteiger partial charge in [0.1, 0.15) is 17.0 Å². The van der Waals surface area contributed by atoms with Crippen LogP contribution in [-0.2, 0) is 10.0 Å². The fourth-order valence-corrected chi connectivity index (χ4v) is 5.42. The normalized spacial score (nSPS) is 16.3. The summed E-state index contributed by atoms with van der Waals surface area (Å²) in [5.74, 6) is 0.645. The highest BCUT2D eigenvalue weighted by Crippen LogP contribution is 2.25. The smallest absolute Gasteiger partial charge is 0.256 e. The Labute approximate surface area is 167 Å². The van der Waals surface area contributed by atoms with Crippen LogP contribution in [0, 0.1) is 5.92 Å². The van der Waals surface area contributed by atoms with Crippen LogP contribution in [0.1, 0.15) is 30.1 Å². The summed E-state index contributed by atoms with van der Waals surface area (Å²) < 4.78 is 27.1. The molecule has 1 aliphatic heterocycles. The third-order valence-corrected chi connectivity index (χ3v) is 7.72. The van der Waals surface area contributed by atoms with Gasteiger partial charge in [0.25, 0.3) is 5.91 Å². The minimum atomic E-state index is -3.53. The number of thiophene rings is 1. The van der Waals surface area contributed by atoms with Crippen LogP contribution in [0.2, 0.25) is 0 Å². The summed E-state index contributed by atoms with van der Waals surface area (Å²) in [7, 11) is -3.53. The minimum absolute atomic E-state index is 0.209. The monoisotopic (exact) mass is 416 g/mol. The van der Waals surface area contributed by atoms with Crippen molar-refractivity contribution in [2.24, 2.45) is 5.92 Å². The lowest BCUT2D eigenvalue weighted by Gasteiger charge is -2.29. The van der Waals surface area contributed by atoms with Gasteiger partial charge in [-0.2, -0.15) is 4.31 Å². The predicted molar refractivity (Wildman–Crippen MR) is 109 cm³/mol. The molecule has 2 aromatic heterocycles. The van der Waals surface area contributed by atoms with E-state index in [0.29, 0.717) is 30.4 Å². The number of fused-ring (bicyclic) bond motifs is 1. The van der Waals surface area contributed by atoms with Gasteiger partial charge in [0.2, 0.25) is 10.0 Å². The van der Waals surface area contributed by atoms with E-state index in [-0.39, 0.29) is 10.8 Å². The zero-order valence-corrected chi connectivity index (χ0v) is 17.0. The first-order valence-corrected chi connectivity index (χ1v) is 11.4. The molecule has 1 aromatic carbocycles. The lowest BCUT2D eigenvalue weighted by atomic mass is 10.0. The van der Waals surface area contributed by atoms with E-state index in [2.05, 4.69) is 22.2 Å². The molecule has 1 saturated heterocycles. The van der Waals surface area contributed by atoms with Crippen molar-refractivity contribution in [1.29, 1.82) is 0 Å². The number of sulfonamides is 1. The third-order valence-electron chi connectivity index (χ3n) is 4.99. The number of aromatic nitrogens is 2. The molecule has 3 heterocycles. The fourth-order valence-electron chi connectivity index (χ4n) is 3.22. The number of hydrogen-bond donors (Lipinski definition) is 1. The van der Waals surface area contributed by atoms with Gasteiger partial charge < -0.3 is 5.32 Å². The summed E-state index contributed by atoms with van der Waals surface area (Å²) in [6, 6.07) is 7.89. The topological polar surface area (TPSA) is 92.3 Å². The molecule has 0 bridgehead atoms. The molecule has 0 atom stereocenters. The number of piperidine rings is 1. The fraction of sp³-hybridized carbons (Fsp3) is 0.316. The Balaban J connectivity index is 1.51. The highest BCUT2D eigenvalue weighted by atomic mass is 32.2. The van der Waals surface area contributed by atoms with Gasteiger partial charge in [0.15, 0.2) is 0 Å². The minimum Gasteiger partial charge on any atom is -0.306 e. The highest BCUT2D eigenvalue weighted by Gasteiger charge is 2.28. The van der Waals surface area contributed by atoms with Crippen molar-refractivity contribution in [2.45, 2.75) is 24.7 Å². The zero-order chi connectivity index (χ0) is 19.7. The van der Waals surface area contributed by atoms with E-state index >= 15 is 0 Å². The summed E-state index contributed by atoms with van der Waals surface area (Å²) in [4.78, 5) is 21.8. The van der Waals surface area contributed by atoms with Crippen LogP contribution in [0.3, 0.4) is 0 Å². The molecule has 146 valence electrons. The average molecular weight is 417 g/mol. The van der Waals surface area contributed by atoms with Crippen LogP contribution in [0.4, 0.5) is 5.82 Å². The first-order chi connectivity index (χ1) is 13.4. The van der Waals surface area contributed by atoms with Crippen molar-refractivity contribution in [3.63, 3.8) is 0 Å². The van der Waals surface area contributed by atoms with Gasteiger partial charge in [-0.3, -0.25) is 4.79 Å². The second kappa shape index (κ2) is 7.57. The van der Waals surface area contributed by atoms with Crippen molar-refractivity contribution in [3.05, 3.63) is 47.6 Å². The molecule has 1 amide bonds. The van der Waals surface area contributed by atoms with E-state index in [1.807, 2.05) is 11.4 Å². The SMILES string of the molecule is CC1CCN(S(=O)(=O)c2ccc(C(=O)Nc3ncnc4sccc34)cc2)CC1. The first kappa shape index (κ1) is 19.0. The van der Waals surface area contributed by atoms with E-state index in [4.69, 9.17) is 0 Å². The maximum absolute atomic E-state index is 12.8. The molecule has 0 saturated carbocycles. The van der Waals surface area contributed by atoms with Crippen LogP contribution in [0.25, 0.3) is 10.2 Å². The summed E-state index contributed by atoms with van der Waals surface area (Å²) in [5.41, 5.74) is 0.369. The van der Waals surface area contributed by atoms with Crippen molar-refractivity contribution in [3.8, 4) is 0 Å². The van der Waals surface area contributed by atoms with Gasteiger partial charge in [-0.15, -0.1) is 11.3 Å². The zero-order valence-electron chi connectivity index (χ0n) is 15.3.